The Morgan fingerprint density at radius 2 is 2.50 bits per heavy atom. The van der Waals surface area contributed by atoms with Gasteiger partial charge in [0.05, 0.1) is 0 Å². The molecule has 1 aliphatic rings. The minimum atomic E-state index is 0.781. The van der Waals surface area contributed by atoms with E-state index < -0.39 is 0 Å². The van der Waals surface area contributed by atoms with Crippen LogP contribution < -0.4 is 5.32 Å². The lowest BCUT2D eigenvalue weighted by atomic mass is 9.96. The highest BCUT2D eigenvalue weighted by atomic mass is 14.9. The van der Waals surface area contributed by atoms with E-state index in [1.165, 1.54) is 25.7 Å². The summed E-state index contributed by atoms with van der Waals surface area (Å²) in [5.41, 5.74) is 0. The van der Waals surface area contributed by atoms with E-state index in [9.17, 15) is 0 Å². The van der Waals surface area contributed by atoms with E-state index in [0.29, 0.717) is 0 Å². The van der Waals surface area contributed by atoms with Crippen molar-refractivity contribution in [3.8, 4) is 0 Å². The normalized spacial score (nSPS) is 23.6. The highest BCUT2D eigenvalue weighted by molar-refractivity contribution is 4.80. The molecule has 1 fully saturated rings. The third-order valence-electron chi connectivity index (χ3n) is 1.82. The van der Waals surface area contributed by atoms with Gasteiger partial charge in [0, 0.05) is 6.04 Å². The molecule has 1 radical (unpaired) electrons. The number of hydrogen-bond acceptors (Lipinski definition) is 1. The molecule has 1 unspecified atom stereocenters. The third-order valence-corrected chi connectivity index (χ3v) is 1.82. The van der Waals surface area contributed by atoms with Crippen LogP contribution in [-0.4, -0.2) is 13.1 Å². The second-order valence-corrected chi connectivity index (χ2v) is 2.44. The van der Waals surface area contributed by atoms with Gasteiger partial charge in [-0.2, -0.15) is 0 Å². The van der Waals surface area contributed by atoms with Gasteiger partial charge in [-0.05, 0) is 26.3 Å². The maximum atomic E-state index is 3.27. The lowest BCUT2D eigenvalue weighted by Gasteiger charge is -2.19. The first-order valence-electron chi connectivity index (χ1n) is 3.42. The highest BCUT2D eigenvalue weighted by Crippen LogP contribution is 2.15. The van der Waals surface area contributed by atoms with Gasteiger partial charge in [0.2, 0.25) is 0 Å². The van der Waals surface area contributed by atoms with Crippen molar-refractivity contribution < 1.29 is 0 Å². The van der Waals surface area contributed by atoms with Crippen LogP contribution in [0.15, 0.2) is 0 Å². The van der Waals surface area contributed by atoms with E-state index in [2.05, 4.69) is 11.7 Å². The molecule has 1 N–H and O–H groups in total. The predicted octanol–water partition coefficient (Wildman–Crippen LogP) is 1.35. The maximum Gasteiger partial charge on any atom is 0.00668 e. The van der Waals surface area contributed by atoms with Gasteiger partial charge < -0.3 is 5.32 Å². The van der Waals surface area contributed by atoms with E-state index in [1.807, 2.05) is 7.05 Å². The molecule has 8 heavy (non-hydrogen) atoms. The van der Waals surface area contributed by atoms with Crippen molar-refractivity contribution in [2.24, 2.45) is 0 Å². The highest BCUT2D eigenvalue weighted by Gasteiger charge is 2.09. The molecule has 1 nitrogen and oxygen atoms in total. The number of nitrogens with one attached hydrogen (secondary N) is 1. The maximum absolute atomic E-state index is 3.27. The summed E-state index contributed by atoms with van der Waals surface area (Å²) in [6.45, 7) is 0. The molecule has 0 heterocycles. The van der Waals surface area contributed by atoms with Gasteiger partial charge in [-0.15, -0.1) is 0 Å². The van der Waals surface area contributed by atoms with E-state index in [1.54, 1.807) is 0 Å². The average Bonchev–Trinajstić information content (AvgIpc) is 1.90. The molecular formula is C7H14N. The van der Waals surface area contributed by atoms with Gasteiger partial charge in [-0.1, -0.05) is 12.8 Å². The topological polar surface area (TPSA) is 12.0 Å². The molecule has 1 rings (SSSR count). The second-order valence-electron chi connectivity index (χ2n) is 2.44. The first-order chi connectivity index (χ1) is 3.93. The fourth-order valence-corrected chi connectivity index (χ4v) is 1.21. The molecule has 0 aliphatic heterocycles. The molecule has 0 bridgehead atoms. The molecule has 0 aromatic heterocycles. The predicted molar refractivity (Wildman–Crippen MR) is 35.6 cm³/mol. The quantitative estimate of drug-likeness (QED) is 0.540. The summed E-state index contributed by atoms with van der Waals surface area (Å²) in [6.07, 6.45) is 7.73. The Hall–Kier alpha value is -0.0400. The van der Waals surface area contributed by atoms with Gasteiger partial charge in [0.1, 0.15) is 0 Å². The van der Waals surface area contributed by atoms with E-state index >= 15 is 0 Å². The third kappa shape index (κ3) is 1.48. The van der Waals surface area contributed by atoms with Gasteiger partial charge in [-0.3, -0.25) is 0 Å². The minimum absolute atomic E-state index is 0.781. The van der Waals surface area contributed by atoms with E-state index in [-0.39, 0.29) is 0 Å². The van der Waals surface area contributed by atoms with Crippen molar-refractivity contribution in [2.75, 3.05) is 7.05 Å². The zero-order valence-corrected chi connectivity index (χ0v) is 5.48. The summed E-state index contributed by atoms with van der Waals surface area (Å²) in [5, 5.41) is 3.27. The number of hydrogen-bond donors (Lipinski definition) is 1. The fourth-order valence-electron chi connectivity index (χ4n) is 1.21. The summed E-state index contributed by atoms with van der Waals surface area (Å²) >= 11 is 0. The van der Waals surface area contributed by atoms with E-state index in [0.717, 1.165) is 6.04 Å². The lowest BCUT2D eigenvalue weighted by molar-refractivity contribution is 0.451. The fraction of sp³-hybridized carbons (Fsp3) is 0.857. The number of rotatable bonds is 1. The van der Waals surface area contributed by atoms with Crippen LogP contribution in [0.25, 0.3) is 0 Å². The Kier molecular flexibility index (Phi) is 2.34. The summed E-state index contributed by atoms with van der Waals surface area (Å²) in [6, 6.07) is 0.781. The van der Waals surface area contributed by atoms with Crippen LogP contribution in [0.1, 0.15) is 25.7 Å². The van der Waals surface area contributed by atoms with Crippen molar-refractivity contribution in [1.29, 1.82) is 0 Å². The molecule has 0 aromatic rings. The van der Waals surface area contributed by atoms with Crippen molar-refractivity contribution in [3.63, 3.8) is 0 Å². The monoisotopic (exact) mass is 112 g/mol. The van der Waals surface area contributed by atoms with Crippen LogP contribution in [0.3, 0.4) is 0 Å². The summed E-state index contributed by atoms with van der Waals surface area (Å²) < 4.78 is 0. The lowest BCUT2D eigenvalue weighted by Crippen LogP contribution is -2.27. The second kappa shape index (κ2) is 3.08. The van der Waals surface area contributed by atoms with Gasteiger partial charge in [-0.25, -0.2) is 0 Å². The van der Waals surface area contributed by atoms with Crippen molar-refractivity contribution >= 4 is 0 Å². The van der Waals surface area contributed by atoms with Crippen LogP contribution in [-0.2, 0) is 0 Å². The molecule has 1 aliphatic carbocycles. The Balaban J connectivity index is 2.13. The zero-order chi connectivity index (χ0) is 5.82. The van der Waals surface area contributed by atoms with Crippen molar-refractivity contribution in [1.82, 2.24) is 5.32 Å². The average molecular weight is 112 g/mol. The Bertz CT molecular complexity index is 55.4. The molecular weight excluding hydrogens is 98.1 g/mol. The molecule has 1 heteroatoms. The Morgan fingerprint density at radius 3 is 2.88 bits per heavy atom. The van der Waals surface area contributed by atoms with Gasteiger partial charge in [0.15, 0.2) is 0 Å². The molecule has 0 amide bonds. The Morgan fingerprint density at radius 1 is 1.62 bits per heavy atom. The largest absolute Gasteiger partial charge is 0.317 e. The van der Waals surface area contributed by atoms with Crippen LogP contribution in [0.5, 0.6) is 0 Å². The molecule has 0 saturated heterocycles. The summed E-state index contributed by atoms with van der Waals surface area (Å²) in [5.74, 6) is 0. The first kappa shape index (κ1) is 6.09. The van der Waals surface area contributed by atoms with Crippen LogP contribution in [0.4, 0.5) is 0 Å². The van der Waals surface area contributed by atoms with Crippen molar-refractivity contribution in [3.05, 3.63) is 6.42 Å². The first-order valence-corrected chi connectivity index (χ1v) is 3.42. The molecule has 47 valence electrons. The Labute approximate surface area is 51.5 Å². The zero-order valence-electron chi connectivity index (χ0n) is 5.48. The molecule has 0 aromatic carbocycles. The van der Waals surface area contributed by atoms with Crippen LogP contribution in [0, 0.1) is 6.42 Å². The van der Waals surface area contributed by atoms with Gasteiger partial charge in [0.25, 0.3) is 0 Å². The van der Waals surface area contributed by atoms with Crippen molar-refractivity contribution in [2.45, 2.75) is 31.7 Å². The summed E-state index contributed by atoms with van der Waals surface area (Å²) in [7, 11) is 2.05. The van der Waals surface area contributed by atoms with Crippen LogP contribution >= 0.6 is 0 Å². The molecule has 0 spiro atoms. The standard InChI is InChI=1S/C7H14N/c1-8-7-5-3-2-4-6-7/h3,7-8H,2,4-6H2,1H3. The molecule has 1 saturated carbocycles. The van der Waals surface area contributed by atoms with Crippen LogP contribution in [0.2, 0.25) is 0 Å². The SMILES string of the molecule is CNC1C[CH]CCC1. The minimum Gasteiger partial charge on any atom is -0.317 e. The smallest absolute Gasteiger partial charge is 0.00668 e. The van der Waals surface area contributed by atoms with Gasteiger partial charge >= 0.3 is 0 Å². The summed E-state index contributed by atoms with van der Waals surface area (Å²) in [4.78, 5) is 0. The van der Waals surface area contributed by atoms with E-state index in [4.69, 9.17) is 0 Å². The molecule has 1 atom stereocenters.